The summed E-state index contributed by atoms with van der Waals surface area (Å²) in [7, 11) is 0. The lowest BCUT2D eigenvalue weighted by Gasteiger charge is -2.04. The number of amidine groups is 1. The number of nitrogens with two attached hydrogens (primary N) is 1. The molecule has 0 fully saturated rings. The van der Waals surface area contributed by atoms with Crippen LogP contribution in [-0.2, 0) is 4.84 Å². The molecule has 3 N–H and O–H groups in total. The van der Waals surface area contributed by atoms with Gasteiger partial charge in [0, 0.05) is 11.3 Å². The Bertz CT molecular complexity index is 624. The van der Waals surface area contributed by atoms with Gasteiger partial charge >= 0.3 is 6.09 Å². The molecule has 0 atom stereocenters. The molecule has 1 amide bonds. The van der Waals surface area contributed by atoms with Crippen molar-refractivity contribution in [1.82, 2.24) is 0 Å². The van der Waals surface area contributed by atoms with E-state index in [9.17, 15) is 4.79 Å². The Morgan fingerprint density at radius 3 is 2.60 bits per heavy atom. The predicted molar refractivity (Wildman–Crippen MR) is 78.4 cm³/mol. The molecule has 0 aliphatic heterocycles. The number of oxime groups is 1. The number of anilines is 1. The number of carbonyl (C=O) groups is 1. The highest BCUT2D eigenvalue weighted by Gasteiger charge is 2.04. The normalized spacial score (nSPS) is 10.9. The van der Waals surface area contributed by atoms with Crippen molar-refractivity contribution in [1.29, 1.82) is 0 Å². The Morgan fingerprint density at radius 2 is 1.90 bits per heavy atom. The zero-order valence-corrected chi connectivity index (χ0v) is 11.0. The molecule has 5 heteroatoms. The number of hydrogen-bond donors (Lipinski definition) is 2. The van der Waals surface area contributed by atoms with Crippen LogP contribution >= 0.6 is 0 Å². The third-order valence-electron chi connectivity index (χ3n) is 2.56. The van der Waals surface area contributed by atoms with Gasteiger partial charge in [0.1, 0.15) is 0 Å². The molecule has 0 heterocycles. The van der Waals surface area contributed by atoms with Crippen molar-refractivity contribution in [2.45, 2.75) is 6.92 Å². The van der Waals surface area contributed by atoms with Crippen molar-refractivity contribution < 1.29 is 9.63 Å². The van der Waals surface area contributed by atoms with E-state index in [2.05, 4.69) is 10.5 Å². The highest BCUT2D eigenvalue weighted by Crippen LogP contribution is 2.06. The number of nitrogens with one attached hydrogen (secondary N) is 1. The standard InChI is InChI=1S/C15H15N3O2/c1-11-6-5-7-12(10-11)14(16)18-20-15(19)17-13-8-3-2-4-9-13/h2-10H,1H3,(H2,16,18)(H,17,19). The summed E-state index contributed by atoms with van der Waals surface area (Å²) in [6.45, 7) is 1.94. The highest BCUT2D eigenvalue weighted by atomic mass is 16.7. The van der Waals surface area contributed by atoms with E-state index in [1.54, 1.807) is 30.3 Å². The summed E-state index contributed by atoms with van der Waals surface area (Å²) in [5, 5.41) is 6.15. The van der Waals surface area contributed by atoms with Gasteiger partial charge in [0.15, 0.2) is 5.84 Å². The van der Waals surface area contributed by atoms with Gasteiger partial charge in [0.2, 0.25) is 0 Å². The fourth-order valence-electron chi connectivity index (χ4n) is 1.61. The van der Waals surface area contributed by atoms with Crippen LogP contribution < -0.4 is 11.1 Å². The smallest absolute Gasteiger partial charge is 0.380 e. The molecule has 0 unspecified atom stereocenters. The van der Waals surface area contributed by atoms with Crippen LogP contribution in [0.5, 0.6) is 0 Å². The van der Waals surface area contributed by atoms with Crippen molar-refractivity contribution in [3.8, 4) is 0 Å². The summed E-state index contributed by atoms with van der Waals surface area (Å²) >= 11 is 0. The fraction of sp³-hybridized carbons (Fsp3) is 0.0667. The number of aryl methyl sites for hydroxylation is 1. The molecule has 0 aliphatic rings. The average Bonchev–Trinajstić information content (AvgIpc) is 2.46. The molecule has 0 saturated heterocycles. The lowest BCUT2D eigenvalue weighted by Crippen LogP contribution is -2.17. The second-order valence-electron chi connectivity index (χ2n) is 4.22. The minimum atomic E-state index is -0.688. The Balaban J connectivity index is 1.97. The van der Waals surface area contributed by atoms with Gasteiger partial charge < -0.3 is 5.73 Å². The summed E-state index contributed by atoms with van der Waals surface area (Å²) in [6, 6.07) is 16.4. The molecule has 2 aromatic rings. The third-order valence-corrected chi connectivity index (χ3v) is 2.56. The summed E-state index contributed by atoms with van der Waals surface area (Å²) in [5.74, 6) is 0.150. The molecule has 0 aromatic heterocycles. The maximum atomic E-state index is 11.5. The first-order chi connectivity index (χ1) is 9.65. The lowest BCUT2D eigenvalue weighted by molar-refractivity contribution is 0.166. The van der Waals surface area contributed by atoms with E-state index >= 15 is 0 Å². The van der Waals surface area contributed by atoms with E-state index in [4.69, 9.17) is 10.6 Å². The van der Waals surface area contributed by atoms with E-state index in [0.717, 1.165) is 5.56 Å². The molecule has 20 heavy (non-hydrogen) atoms. The van der Waals surface area contributed by atoms with Gasteiger partial charge in [-0.2, -0.15) is 0 Å². The monoisotopic (exact) mass is 269 g/mol. The van der Waals surface area contributed by atoms with Crippen LogP contribution in [0.4, 0.5) is 10.5 Å². The SMILES string of the molecule is Cc1cccc(C(N)=NOC(=O)Nc2ccccc2)c1. The van der Waals surface area contributed by atoms with Crippen LogP contribution in [0, 0.1) is 6.92 Å². The molecule has 0 saturated carbocycles. The molecular weight excluding hydrogens is 254 g/mol. The van der Waals surface area contributed by atoms with E-state index in [-0.39, 0.29) is 5.84 Å². The quantitative estimate of drug-likeness (QED) is 0.389. The van der Waals surface area contributed by atoms with Gasteiger partial charge in [0.25, 0.3) is 0 Å². The van der Waals surface area contributed by atoms with E-state index in [1.807, 2.05) is 31.2 Å². The summed E-state index contributed by atoms with van der Waals surface area (Å²) < 4.78 is 0. The molecule has 0 spiro atoms. The summed E-state index contributed by atoms with van der Waals surface area (Å²) in [5.41, 5.74) is 8.13. The predicted octanol–water partition coefficient (Wildman–Crippen LogP) is 2.86. The van der Waals surface area contributed by atoms with Crippen molar-refractivity contribution >= 4 is 17.6 Å². The third kappa shape index (κ3) is 3.84. The summed E-state index contributed by atoms with van der Waals surface area (Å²) in [6.07, 6.45) is -0.688. The number of rotatable bonds is 3. The first kappa shape index (κ1) is 13.6. The topological polar surface area (TPSA) is 76.7 Å². The molecular formula is C15H15N3O2. The summed E-state index contributed by atoms with van der Waals surface area (Å²) in [4.78, 5) is 16.2. The van der Waals surface area contributed by atoms with Crippen molar-refractivity contribution in [3.05, 3.63) is 65.7 Å². The average molecular weight is 269 g/mol. The number of hydrogen-bond acceptors (Lipinski definition) is 3. The Labute approximate surface area is 117 Å². The van der Waals surface area contributed by atoms with Gasteiger partial charge in [-0.15, -0.1) is 0 Å². The molecule has 0 aliphatic carbocycles. The molecule has 2 aromatic carbocycles. The lowest BCUT2D eigenvalue weighted by atomic mass is 10.1. The zero-order valence-electron chi connectivity index (χ0n) is 11.0. The van der Waals surface area contributed by atoms with Gasteiger partial charge in [-0.3, -0.25) is 10.2 Å². The Morgan fingerprint density at radius 1 is 1.15 bits per heavy atom. The van der Waals surface area contributed by atoms with E-state index in [1.165, 1.54) is 0 Å². The molecule has 0 bridgehead atoms. The van der Waals surface area contributed by atoms with Gasteiger partial charge in [0.05, 0.1) is 0 Å². The largest absolute Gasteiger partial charge is 0.437 e. The number of para-hydroxylation sites is 1. The Kier molecular flexibility index (Phi) is 4.34. The molecule has 2 rings (SSSR count). The second-order valence-corrected chi connectivity index (χ2v) is 4.22. The van der Waals surface area contributed by atoms with Gasteiger partial charge in [-0.05, 0) is 25.1 Å². The van der Waals surface area contributed by atoms with Crippen LogP contribution in [0.2, 0.25) is 0 Å². The van der Waals surface area contributed by atoms with E-state index < -0.39 is 6.09 Å². The molecule has 5 nitrogen and oxygen atoms in total. The van der Waals surface area contributed by atoms with Crippen LogP contribution in [0.25, 0.3) is 0 Å². The number of carbonyl (C=O) groups excluding carboxylic acids is 1. The highest BCUT2D eigenvalue weighted by molar-refractivity contribution is 5.97. The van der Waals surface area contributed by atoms with Crippen molar-refractivity contribution in [2.75, 3.05) is 5.32 Å². The van der Waals surface area contributed by atoms with Gasteiger partial charge in [-0.25, -0.2) is 4.79 Å². The Hall–Kier alpha value is -2.82. The van der Waals surface area contributed by atoms with Crippen LogP contribution in [-0.4, -0.2) is 11.9 Å². The first-order valence-electron chi connectivity index (χ1n) is 6.09. The van der Waals surface area contributed by atoms with Crippen molar-refractivity contribution in [2.24, 2.45) is 10.9 Å². The second kappa shape index (κ2) is 6.38. The first-order valence-corrected chi connectivity index (χ1v) is 6.09. The maximum Gasteiger partial charge on any atom is 0.437 e. The van der Waals surface area contributed by atoms with Crippen LogP contribution in [0.3, 0.4) is 0 Å². The minimum Gasteiger partial charge on any atom is -0.380 e. The zero-order chi connectivity index (χ0) is 14.4. The van der Waals surface area contributed by atoms with Crippen molar-refractivity contribution in [3.63, 3.8) is 0 Å². The van der Waals surface area contributed by atoms with E-state index in [0.29, 0.717) is 11.3 Å². The number of benzene rings is 2. The minimum absolute atomic E-state index is 0.150. The molecule has 0 radical (unpaired) electrons. The number of amides is 1. The fourth-order valence-corrected chi connectivity index (χ4v) is 1.61. The van der Waals surface area contributed by atoms with Crippen LogP contribution in [0.15, 0.2) is 59.8 Å². The number of nitrogens with zero attached hydrogens (tertiary/aromatic N) is 1. The molecule has 102 valence electrons. The van der Waals surface area contributed by atoms with Crippen LogP contribution in [0.1, 0.15) is 11.1 Å². The van der Waals surface area contributed by atoms with Gasteiger partial charge in [-0.1, -0.05) is 47.1 Å². The maximum absolute atomic E-state index is 11.5.